The normalized spacial score (nSPS) is 21.4. The molecule has 1 N–H and O–H groups in total. The molecule has 1 fully saturated rings. The molecule has 0 aliphatic carbocycles. The van der Waals surface area contributed by atoms with Gasteiger partial charge in [-0.05, 0) is 19.5 Å². The van der Waals surface area contributed by atoms with Crippen molar-refractivity contribution < 1.29 is 4.74 Å². The summed E-state index contributed by atoms with van der Waals surface area (Å²) < 4.78 is 7.67. The van der Waals surface area contributed by atoms with Crippen LogP contribution in [0.5, 0.6) is 0 Å². The molecule has 1 aliphatic heterocycles. The van der Waals surface area contributed by atoms with Crippen molar-refractivity contribution in [1.29, 1.82) is 0 Å². The Kier molecular flexibility index (Phi) is 4.74. The number of morpholine rings is 1. The van der Waals surface area contributed by atoms with E-state index in [1.54, 1.807) is 0 Å². The quantitative estimate of drug-likeness (QED) is 0.824. The van der Waals surface area contributed by atoms with Gasteiger partial charge in [0.15, 0.2) is 0 Å². The highest BCUT2D eigenvalue weighted by Crippen LogP contribution is 2.05. The smallest absolute Gasteiger partial charge is 0.0826 e. The second-order valence-corrected chi connectivity index (χ2v) is 4.99. The Bertz CT molecular complexity index is 377. The van der Waals surface area contributed by atoms with Gasteiger partial charge in [-0.25, -0.2) is 0 Å². The first-order valence-corrected chi connectivity index (χ1v) is 6.71. The lowest BCUT2D eigenvalue weighted by atomic mass is 10.2. The Hall–Kier alpha value is -0.910. The minimum absolute atomic E-state index is 0.308. The Morgan fingerprint density at radius 3 is 3.00 bits per heavy atom. The average Bonchev–Trinajstić information content (AvgIpc) is 2.71. The van der Waals surface area contributed by atoms with E-state index in [4.69, 9.17) is 4.74 Å². The Morgan fingerprint density at radius 1 is 1.50 bits per heavy atom. The highest BCUT2D eigenvalue weighted by Gasteiger charge is 2.17. The van der Waals surface area contributed by atoms with Crippen LogP contribution in [0.25, 0.3) is 0 Å². The van der Waals surface area contributed by atoms with E-state index in [1.165, 1.54) is 5.69 Å². The van der Waals surface area contributed by atoms with Gasteiger partial charge in [-0.1, -0.05) is 6.92 Å². The van der Waals surface area contributed by atoms with Crippen molar-refractivity contribution >= 4 is 0 Å². The number of nitrogens with one attached hydrogen (secondary N) is 1. The molecular formula is C13H24N4O. The molecule has 1 atom stereocenters. The lowest BCUT2D eigenvalue weighted by molar-refractivity contribution is -0.0182. The molecule has 1 aliphatic rings. The molecule has 1 saturated heterocycles. The molecule has 5 heteroatoms. The lowest BCUT2D eigenvalue weighted by Gasteiger charge is -2.30. The molecule has 2 heterocycles. The maximum Gasteiger partial charge on any atom is 0.0826 e. The summed E-state index contributed by atoms with van der Waals surface area (Å²) >= 11 is 0. The summed E-state index contributed by atoms with van der Waals surface area (Å²) in [6.07, 6.45) is 1.30. The van der Waals surface area contributed by atoms with Crippen LogP contribution in [-0.4, -0.2) is 54.1 Å². The maximum atomic E-state index is 5.72. The molecule has 2 rings (SSSR count). The van der Waals surface area contributed by atoms with E-state index in [1.807, 2.05) is 11.7 Å². The van der Waals surface area contributed by atoms with Crippen molar-refractivity contribution in [3.63, 3.8) is 0 Å². The van der Waals surface area contributed by atoms with Crippen LogP contribution in [-0.2, 0) is 24.8 Å². The van der Waals surface area contributed by atoms with E-state index in [2.05, 4.69) is 35.4 Å². The average molecular weight is 252 g/mol. The van der Waals surface area contributed by atoms with Gasteiger partial charge in [-0.3, -0.25) is 4.68 Å². The first-order valence-electron chi connectivity index (χ1n) is 6.71. The zero-order valence-corrected chi connectivity index (χ0v) is 11.6. The van der Waals surface area contributed by atoms with Crippen LogP contribution >= 0.6 is 0 Å². The molecule has 1 unspecified atom stereocenters. The summed E-state index contributed by atoms with van der Waals surface area (Å²) in [6.45, 7) is 6.78. The molecule has 0 amide bonds. The summed E-state index contributed by atoms with van der Waals surface area (Å²) in [5.41, 5.74) is 2.39. The largest absolute Gasteiger partial charge is 0.374 e. The molecule has 0 saturated carbocycles. The summed E-state index contributed by atoms with van der Waals surface area (Å²) in [6, 6.07) is 2.17. The first kappa shape index (κ1) is 13.5. The highest BCUT2D eigenvalue weighted by atomic mass is 16.5. The number of hydrogen-bond donors (Lipinski definition) is 1. The number of hydrogen-bond acceptors (Lipinski definition) is 4. The Morgan fingerprint density at radius 2 is 2.33 bits per heavy atom. The van der Waals surface area contributed by atoms with Crippen molar-refractivity contribution in [2.24, 2.45) is 7.05 Å². The van der Waals surface area contributed by atoms with E-state index in [9.17, 15) is 0 Å². The first-order chi connectivity index (χ1) is 8.69. The predicted octanol–water partition coefficient (Wildman–Crippen LogP) is 0.403. The van der Waals surface area contributed by atoms with Gasteiger partial charge in [-0.15, -0.1) is 0 Å². The third kappa shape index (κ3) is 3.54. The molecule has 0 bridgehead atoms. The zero-order chi connectivity index (χ0) is 13.0. The van der Waals surface area contributed by atoms with Crippen LogP contribution in [0.2, 0.25) is 0 Å². The molecule has 1 aromatic heterocycles. The van der Waals surface area contributed by atoms with Crippen LogP contribution in [0.15, 0.2) is 6.07 Å². The van der Waals surface area contributed by atoms with Crippen molar-refractivity contribution in [2.75, 3.05) is 33.3 Å². The fraction of sp³-hybridized carbons (Fsp3) is 0.769. The second kappa shape index (κ2) is 6.31. The number of likely N-dealkylation sites (N-methyl/N-ethyl adjacent to an activating group) is 1. The molecule has 102 valence electrons. The second-order valence-electron chi connectivity index (χ2n) is 4.99. The minimum Gasteiger partial charge on any atom is -0.374 e. The van der Waals surface area contributed by atoms with Crippen molar-refractivity contribution in [1.82, 2.24) is 20.0 Å². The summed E-state index contributed by atoms with van der Waals surface area (Å²) in [5.74, 6) is 0. The number of nitrogens with zero attached hydrogens (tertiary/aromatic N) is 3. The van der Waals surface area contributed by atoms with Crippen LogP contribution in [0.1, 0.15) is 18.3 Å². The lowest BCUT2D eigenvalue weighted by Crippen LogP contribution is -2.44. The van der Waals surface area contributed by atoms with E-state index >= 15 is 0 Å². The predicted molar refractivity (Wildman–Crippen MR) is 71.5 cm³/mol. The number of aromatic nitrogens is 2. The SMILES string of the molecule is CCc1cc(CNCC2CN(C)CCO2)n(C)n1. The van der Waals surface area contributed by atoms with Crippen LogP contribution in [0.3, 0.4) is 0 Å². The van der Waals surface area contributed by atoms with E-state index in [0.29, 0.717) is 6.10 Å². The van der Waals surface area contributed by atoms with Crippen molar-refractivity contribution in [3.8, 4) is 0 Å². The molecule has 5 nitrogen and oxygen atoms in total. The van der Waals surface area contributed by atoms with Crippen LogP contribution < -0.4 is 5.32 Å². The van der Waals surface area contributed by atoms with Gasteiger partial charge >= 0.3 is 0 Å². The molecular weight excluding hydrogens is 228 g/mol. The summed E-state index contributed by atoms with van der Waals surface area (Å²) in [7, 11) is 4.14. The van der Waals surface area contributed by atoms with Gasteiger partial charge in [0.05, 0.1) is 24.1 Å². The monoisotopic (exact) mass is 252 g/mol. The van der Waals surface area contributed by atoms with Crippen LogP contribution in [0, 0.1) is 0 Å². The molecule has 18 heavy (non-hydrogen) atoms. The molecule has 0 aromatic carbocycles. The highest BCUT2D eigenvalue weighted by molar-refractivity contribution is 5.09. The Balaban J connectivity index is 1.75. The fourth-order valence-electron chi connectivity index (χ4n) is 2.26. The Labute approximate surface area is 109 Å². The molecule has 1 aromatic rings. The van der Waals surface area contributed by atoms with Gasteiger partial charge < -0.3 is 15.0 Å². The zero-order valence-electron chi connectivity index (χ0n) is 11.6. The van der Waals surface area contributed by atoms with Gasteiger partial charge in [0, 0.05) is 33.2 Å². The van der Waals surface area contributed by atoms with Gasteiger partial charge in [0.2, 0.25) is 0 Å². The maximum absolute atomic E-state index is 5.72. The topological polar surface area (TPSA) is 42.3 Å². The molecule has 0 spiro atoms. The van der Waals surface area contributed by atoms with E-state index in [0.717, 1.165) is 44.9 Å². The third-order valence-corrected chi connectivity index (χ3v) is 3.41. The van der Waals surface area contributed by atoms with E-state index in [-0.39, 0.29) is 0 Å². The number of ether oxygens (including phenoxy) is 1. The summed E-state index contributed by atoms with van der Waals surface area (Å²) in [5, 5.41) is 7.90. The summed E-state index contributed by atoms with van der Waals surface area (Å²) in [4.78, 5) is 2.31. The number of rotatable bonds is 5. The minimum atomic E-state index is 0.308. The fourth-order valence-corrected chi connectivity index (χ4v) is 2.26. The van der Waals surface area contributed by atoms with Gasteiger partial charge in [-0.2, -0.15) is 5.10 Å². The number of aryl methyl sites for hydroxylation is 2. The molecule has 0 radical (unpaired) electrons. The van der Waals surface area contributed by atoms with Crippen molar-refractivity contribution in [2.45, 2.75) is 26.0 Å². The van der Waals surface area contributed by atoms with Gasteiger partial charge in [0.25, 0.3) is 0 Å². The standard InChI is InChI=1S/C13H24N4O/c1-4-11-7-12(17(3)15-11)8-14-9-13-10-16(2)5-6-18-13/h7,13-14H,4-6,8-10H2,1-3H3. The van der Waals surface area contributed by atoms with Crippen LogP contribution in [0.4, 0.5) is 0 Å². The van der Waals surface area contributed by atoms with Crippen molar-refractivity contribution in [3.05, 3.63) is 17.5 Å². The van der Waals surface area contributed by atoms with Gasteiger partial charge in [0.1, 0.15) is 0 Å². The van der Waals surface area contributed by atoms with E-state index < -0.39 is 0 Å². The third-order valence-electron chi connectivity index (χ3n) is 3.41.